The summed E-state index contributed by atoms with van der Waals surface area (Å²) in [5.41, 5.74) is 0. The largest absolute Gasteiger partial charge is 0.391 e. The van der Waals surface area contributed by atoms with E-state index in [0.29, 0.717) is 5.92 Å². The molecule has 0 saturated carbocycles. The molecule has 0 bridgehead atoms. The van der Waals surface area contributed by atoms with Crippen LogP contribution in [0.15, 0.2) is 0 Å². The van der Waals surface area contributed by atoms with Gasteiger partial charge in [0.15, 0.2) is 0 Å². The predicted molar refractivity (Wildman–Crippen MR) is 45.5 cm³/mol. The highest BCUT2D eigenvalue weighted by Crippen LogP contribution is 2.10. The van der Waals surface area contributed by atoms with Gasteiger partial charge in [-0.3, -0.25) is 0 Å². The van der Waals surface area contributed by atoms with Crippen LogP contribution in [-0.2, 0) is 0 Å². The van der Waals surface area contributed by atoms with Gasteiger partial charge in [0, 0.05) is 13.1 Å². The van der Waals surface area contributed by atoms with Crippen LogP contribution in [-0.4, -0.2) is 37.4 Å². The molecular formula is C8H18N2O. The Morgan fingerprint density at radius 1 is 1.64 bits per heavy atom. The zero-order chi connectivity index (χ0) is 8.10. The molecule has 0 aliphatic carbocycles. The van der Waals surface area contributed by atoms with Crippen LogP contribution in [0.25, 0.3) is 0 Å². The first-order valence-electron chi connectivity index (χ1n) is 4.44. The van der Waals surface area contributed by atoms with Gasteiger partial charge in [-0.25, -0.2) is 0 Å². The Labute approximate surface area is 68.2 Å². The van der Waals surface area contributed by atoms with Crippen molar-refractivity contribution in [2.24, 2.45) is 5.92 Å². The maximum atomic E-state index is 9.49. The number of piperidine rings is 1. The van der Waals surface area contributed by atoms with Crippen LogP contribution in [0.5, 0.6) is 0 Å². The van der Waals surface area contributed by atoms with E-state index < -0.39 is 0 Å². The molecule has 0 aromatic carbocycles. The third kappa shape index (κ3) is 2.77. The Hall–Kier alpha value is -0.120. The lowest BCUT2D eigenvalue weighted by Gasteiger charge is -2.28. The lowest BCUT2D eigenvalue weighted by molar-refractivity contribution is 0.0818. The molecule has 0 spiro atoms. The second-order valence-corrected chi connectivity index (χ2v) is 3.13. The summed E-state index contributed by atoms with van der Waals surface area (Å²) < 4.78 is 0. The van der Waals surface area contributed by atoms with E-state index in [0.717, 1.165) is 32.6 Å². The average molecular weight is 158 g/mol. The lowest BCUT2D eigenvalue weighted by Crippen LogP contribution is -2.44. The summed E-state index contributed by atoms with van der Waals surface area (Å²) in [4.78, 5) is 0. The summed E-state index contributed by atoms with van der Waals surface area (Å²) in [6.07, 6.45) is 0.941. The van der Waals surface area contributed by atoms with Gasteiger partial charge < -0.3 is 15.7 Å². The van der Waals surface area contributed by atoms with Gasteiger partial charge in [0.05, 0.1) is 6.10 Å². The maximum Gasteiger partial charge on any atom is 0.0705 e. The monoisotopic (exact) mass is 158 g/mol. The Bertz CT molecular complexity index is 108. The quantitative estimate of drug-likeness (QED) is 0.522. The minimum Gasteiger partial charge on any atom is -0.391 e. The molecule has 0 unspecified atom stereocenters. The number of β-amino-alcohol motifs (C(OH)–C–C–N with tert-alkyl or cyclic N) is 1. The van der Waals surface area contributed by atoms with Crippen molar-refractivity contribution in [1.29, 1.82) is 0 Å². The standard InChI is InChI=1S/C8H18N2O/c1-2-9-5-7-3-4-10-6-8(7)11/h7-11H,2-6H2,1H3/t7-,8-/m1/s1. The molecule has 0 aromatic rings. The van der Waals surface area contributed by atoms with Crippen molar-refractivity contribution >= 4 is 0 Å². The van der Waals surface area contributed by atoms with Crippen molar-refractivity contribution in [2.75, 3.05) is 26.2 Å². The van der Waals surface area contributed by atoms with E-state index in [4.69, 9.17) is 0 Å². The van der Waals surface area contributed by atoms with E-state index in [-0.39, 0.29) is 6.10 Å². The van der Waals surface area contributed by atoms with Gasteiger partial charge in [-0.1, -0.05) is 6.92 Å². The molecule has 1 heterocycles. The van der Waals surface area contributed by atoms with Crippen LogP contribution in [0.4, 0.5) is 0 Å². The van der Waals surface area contributed by atoms with E-state index in [1.807, 2.05) is 0 Å². The molecule has 1 fully saturated rings. The van der Waals surface area contributed by atoms with E-state index in [9.17, 15) is 5.11 Å². The van der Waals surface area contributed by atoms with Crippen molar-refractivity contribution in [3.05, 3.63) is 0 Å². The van der Waals surface area contributed by atoms with E-state index >= 15 is 0 Å². The first kappa shape index (κ1) is 8.97. The highest BCUT2D eigenvalue weighted by molar-refractivity contribution is 4.78. The van der Waals surface area contributed by atoms with Crippen LogP contribution in [0.1, 0.15) is 13.3 Å². The summed E-state index contributed by atoms with van der Waals surface area (Å²) in [5.74, 6) is 0.455. The number of hydrogen-bond acceptors (Lipinski definition) is 3. The number of aliphatic hydroxyl groups is 1. The van der Waals surface area contributed by atoms with Crippen molar-refractivity contribution in [3.63, 3.8) is 0 Å². The summed E-state index contributed by atoms with van der Waals surface area (Å²) in [5, 5.41) is 15.9. The topological polar surface area (TPSA) is 44.3 Å². The molecule has 1 aliphatic heterocycles. The van der Waals surface area contributed by atoms with Gasteiger partial charge in [-0.15, -0.1) is 0 Å². The van der Waals surface area contributed by atoms with Gasteiger partial charge in [0.1, 0.15) is 0 Å². The summed E-state index contributed by atoms with van der Waals surface area (Å²) >= 11 is 0. The molecule has 66 valence electrons. The molecule has 0 amide bonds. The first-order valence-corrected chi connectivity index (χ1v) is 4.44. The lowest BCUT2D eigenvalue weighted by atomic mass is 9.95. The minimum absolute atomic E-state index is 0.150. The fourth-order valence-corrected chi connectivity index (χ4v) is 1.46. The van der Waals surface area contributed by atoms with Gasteiger partial charge in [-0.2, -0.15) is 0 Å². The minimum atomic E-state index is -0.150. The van der Waals surface area contributed by atoms with Gasteiger partial charge in [-0.05, 0) is 25.4 Å². The predicted octanol–water partition coefficient (Wildman–Crippen LogP) is -0.434. The molecule has 0 radical (unpaired) electrons. The van der Waals surface area contributed by atoms with Crippen molar-refractivity contribution in [3.8, 4) is 0 Å². The number of aliphatic hydroxyl groups excluding tert-OH is 1. The Balaban J connectivity index is 2.18. The fourth-order valence-electron chi connectivity index (χ4n) is 1.46. The van der Waals surface area contributed by atoms with Crippen LogP contribution >= 0.6 is 0 Å². The molecule has 3 heteroatoms. The van der Waals surface area contributed by atoms with E-state index in [2.05, 4.69) is 17.6 Å². The van der Waals surface area contributed by atoms with Crippen molar-refractivity contribution in [1.82, 2.24) is 10.6 Å². The molecule has 3 N–H and O–H groups in total. The molecule has 1 rings (SSSR count). The van der Waals surface area contributed by atoms with Gasteiger partial charge in [0.25, 0.3) is 0 Å². The van der Waals surface area contributed by atoms with Crippen LogP contribution < -0.4 is 10.6 Å². The van der Waals surface area contributed by atoms with Crippen LogP contribution in [0.2, 0.25) is 0 Å². The molecule has 0 aromatic heterocycles. The highest BCUT2D eigenvalue weighted by Gasteiger charge is 2.21. The Morgan fingerprint density at radius 2 is 2.45 bits per heavy atom. The summed E-state index contributed by atoms with van der Waals surface area (Å²) in [6.45, 7) is 5.85. The van der Waals surface area contributed by atoms with E-state index in [1.165, 1.54) is 0 Å². The van der Waals surface area contributed by atoms with Gasteiger partial charge in [0.2, 0.25) is 0 Å². The molecule has 1 aliphatic rings. The van der Waals surface area contributed by atoms with Crippen LogP contribution in [0, 0.1) is 5.92 Å². The van der Waals surface area contributed by atoms with Crippen molar-refractivity contribution < 1.29 is 5.11 Å². The normalized spacial score (nSPS) is 32.2. The van der Waals surface area contributed by atoms with Crippen molar-refractivity contribution in [2.45, 2.75) is 19.4 Å². The first-order chi connectivity index (χ1) is 5.34. The second kappa shape index (κ2) is 4.70. The molecule has 11 heavy (non-hydrogen) atoms. The summed E-state index contributed by atoms with van der Waals surface area (Å²) in [7, 11) is 0. The third-order valence-corrected chi connectivity index (χ3v) is 2.25. The number of hydrogen-bond donors (Lipinski definition) is 3. The van der Waals surface area contributed by atoms with E-state index in [1.54, 1.807) is 0 Å². The molecular weight excluding hydrogens is 140 g/mol. The number of nitrogens with one attached hydrogen (secondary N) is 2. The van der Waals surface area contributed by atoms with Gasteiger partial charge >= 0.3 is 0 Å². The number of rotatable bonds is 3. The Kier molecular flexibility index (Phi) is 3.83. The molecule has 3 nitrogen and oxygen atoms in total. The van der Waals surface area contributed by atoms with Crippen LogP contribution in [0.3, 0.4) is 0 Å². The maximum absolute atomic E-state index is 9.49. The highest BCUT2D eigenvalue weighted by atomic mass is 16.3. The molecule has 1 saturated heterocycles. The fraction of sp³-hybridized carbons (Fsp3) is 1.00. The molecule has 2 atom stereocenters. The Morgan fingerprint density at radius 3 is 3.09 bits per heavy atom. The zero-order valence-corrected chi connectivity index (χ0v) is 7.14. The SMILES string of the molecule is CCNC[C@H]1CCNC[C@H]1O. The zero-order valence-electron chi connectivity index (χ0n) is 7.14. The second-order valence-electron chi connectivity index (χ2n) is 3.13. The smallest absolute Gasteiger partial charge is 0.0705 e. The summed E-state index contributed by atoms with van der Waals surface area (Å²) in [6, 6.07) is 0. The average Bonchev–Trinajstić information content (AvgIpc) is 2.03. The third-order valence-electron chi connectivity index (χ3n) is 2.25.